The third kappa shape index (κ3) is 3.07. The van der Waals surface area contributed by atoms with Crippen LogP contribution >= 0.6 is 0 Å². The van der Waals surface area contributed by atoms with E-state index in [1.54, 1.807) is 0 Å². The highest BCUT2D eigenvalue weighted by atomic mass is 19.3. The Morgan fingerprint density at radius 1 is 1.33 bits per heavy atom. The highest BCUT2D eigenvalue weighted by Crippen LogP contribution is 2.45. The number of alkyl halides is 3. The zero-order valence-electron chi connectivity index (χ0n) is 14.3. The first-order chi connectivity index (χ1) is 12.8. The van der Waals surface area contributed by atoms with E-state index in [4.69, 9.17) is 4.74 Å². The number of esters is 2. The van der Waals surface area contributed by atoms with E-state index in [2.05, 4.69) is 10.1 Å². The lowest BCUT2D eigenvalue weighted by molar-refractivity contribution is -0.136. The predicted molar refractivity (Wildman–Crippen MR) is 84.8 cm³/mol. The molecule has 27 heavy (non-hydrogen) atoms. The molecule has 0 fully saturated rings. The van der Waals surface area contributed by atoms with Crippen molar-refractivity contribution in [1.82, 2.24) is 5.32 Å². The largest absolute Gasteiger partial charge is 0.466 e. The van der Waals surface area contributed by atoms with Gasteiger partial charge >= 0.3 is 11.9 Å². The fourth-order valence-corrected chi connectivity index (χ4v) is 3.39. The summed E-state index contributed by atoms with van der Waals surface area (Å²) in [6.45, 7) is 0.756. The Bertz CT molecular complexity index is 876. The van der Waals surface area contributed by atoms with E-state index in [-0.39, 0.29) is 23.4 Å². The van der Waals surface area contributed by atoms with Crippen LogP contribution in [0.5, 0.6) is 0 Å². The molecule has 1 unspecified atom stereocenters. The summed E-state index contributed by atoms with van der Waals surface area (Å²) in [6, 6.07) is 3.54. The number of cyclic esters (lactones) is 1. The summed E-state index contributed by atoms with van der Waals surface area (Å²) in [7, 11) is 0.983. The molecule has 1 aromatic carbocycles. The number of carbonyl (C=O) groups is 2. The van der Waals surface area contributed by atoms with Crippen molar-refractivity contribution in [2.75, 3.05) is 13.7 Å². The van der Waals surface area contributed by atoms with E-state index in [0.29, 0.717) is 0 Å². The monoisotopic (exact) mass is 385 g/mol. The number of nitrogens with one attached hydrogen (secondary N) is 1. The van der Waals surface area contributed by atoms with E-state index in [0.717, 1.165) is 20.1 Å². The number of hydrogen-bond donors (Lipinski definition) is 1. The van der Waals surface area contributed by atoms with Gasteiger partial charge in [-0.3, -0.25) is 0 Å². The van der Waals surface area contributed by atoms with Gasteiger partial charge in [-0.2, -0.15) is 0 Å². The summed E-state index contributed by atoms with van der Waals surface area (Å²) in [6.07, 6.45) is -4.93. The summed E-state index contributed by atoms with van der Waals surface area (Å²) in [5.74, 6) is -4.37. The summed E-state index contributed by atoms with van der Waals surface area (Å²) in [4.78, 5) is 24.5. The average molecular weight is 385 g/mol. The molecule has 0 radical (unpaired) electrons. The number of methoxy groups -OCH3 is 1. The third-order valence-corrected chi connectivity index (χ3v) is 4.46. The van der Waals surface area contributed by atoms with Crippen LogP contribution in [0.25, 0.3) is 0 Å². The Morgan fingerprint density at radius 2 is 2.04 bits per heavy atom. The molecule has 5 nitrogen and oxygen atoms in total. The van der Waals surface area contributed by atoms with Crippen LogP contribution in [0.3, 0.4) is 0 Å². The molecule has 2 aliphatic rings. The molecule has 0 aromatic heterocycles. The van der Waals surface area contributed by atoms with Gasteiger partial charge in [0.2, 0.25) is 0 Å². The normalized spacial score (nSPS) is 20.4. The number of dihydropyridines is 1. The summed E-state index contributed by atoms with van der Waals surface area (Å²) in [5.41, 5.74) is -2.03. The standard InChI is InChI=1S/C18H15F4NO4/c1-7(19)11-8(4-3-5-9(11)20)12-13-10(6-27-18(13)25)23-15(16(21)22)14(12)17(24)26-2/h3-5,7,12,16,23H,6H2,1-2H3/t7?,12-/m1/s1. The van der Waals surface area contributed by atoms with Crippen LogP contribution in [0.1, 0.15) is 30.1 Å². The number of halogens is 4. The fourth-order valence-electron chi connectivity index (χ4n) is 3.39. The molecule has 0 aliphatic carbocycles. The van der Waals surface area contributed by atoms with Gasteiger partial charge in [0.15, 0.2) is 0 Å². The first-order valence-electron chi connectivity index (χ1n) is 7.98. The lowest BCUT2D eigenvalue weighted by Crippen LogP contribution is -2.34. The van der Waals surface area contributed by atoms with Crippen LogP contribution < -0.4 is 5.32 Å². The van der Waals surface area contributed by atoms with Crippen molar-refractivity contribution in [1.29, 1.82) is 0 Å². The van der Waals surface area contributed by atoms with Gasteiger partial charge in [-0.25, -0.2) is 27.2 Å². The average Bonchev–Trinajstić information content (AvgIpc) is 2.99. The van der Waals surface area contributed by atoms with Crippen LogP contribution in [0, 0.1) is 5.82 Å². The van der Waals surface area contributed by atoms with Gasteiger partial charge in [0, 0.05) is 5.56 Å². The molecule has 0 saturated carbocycles. The topological polar surface area (TPSA) is 64.6 Å². The molecule has 2 atom stereocenters. The zero-order valence-corrected chi connectivity index (χ0v) is 14.3. The van der Waals surface area contributed by atoms with E-state index in [9.17, 15) is 27.2 Å². The number of benzene rings is 1. The second-order valence-corrected chi connectivity index (χ2v) is 6.00. The second-order valence-electron chi connectivity index (χ2n) is 6.00. The van der Waals surface area contributed by atoms with Gasteiger partial charge < -0.3 is 14.8 Å². The molecule has 3 rings (SSSR count). The first-order valence-corrected chi connectivity index (χ1v) is 7.98. The van der Waals surface area contributed by atoms with Crippen LogP contribution in [-0.2, 0) is 19.1 Å². The molecule has 0 bridgehead atoms. The molecule has 1 aromatic rings. The molecule has 0 spiro atoms. The predicted octanol–water partition coefficient (Wildman–Crippen LogP) is 3.05. The quantitative estimate of drug-likeness (QED) is 0.638. The molecule has 2 aliphatic heterocycles. The van der Waals surface area contributed by atoms with Crippen molar-refractivity contribution < 1.29 is 36.6 Å². The highest BCUT2D eigenvalue weighted by molar-refractivity contribution is 6.01. The Morgan fingerprint density at radius 3 is 2.63 bits per heavy atom. The van der Waals surface area contributed by atoms with Crippen molar-refractivity contribution in [2.24, 2.45) is 0 Å². The summed E-state index contributed by atoms with van der Waals surface area (Å²) < 4.78 is 65.2. The van der Waals surface area contributed by atoms with Crippen LogP contribution in [0.2, 0.25) is 0 Å². The van der Waals surface area contributed by atoms with Gasteiger partial charge in [0.25, 0.3) is 6.43 Å². The lowest BCUT2D eigenvalue weighted by Gasteiger charge is -2.29. The maximum atomic E-state index is 14.3. The Kier molecular flexibility index (Phi) is 4.95. The molecule has 144 valence electrons. The second kappa shape index (κ2) is 7.05. The van der Waals surface area contributed by atoms with Gasteiger partial charge in [-0.1, -0.05) is 12.1 Å². The summed E-state index contributed by atoms with van der Waals surface area (Å²) in [5, 5.41) is 2.35. The maximum Gasteiger partial charge on any atom is 0.337 e. The van der Waals surface area contributed by atoms with E-state index in [1.807, 2.05) is 0 Å². The molecule has 2 heterocycles. The number of hydrogen-bond acceptors (Lipinski definition) is 5. The molecule has 0 amide bonds. The van der Waals surface area contributed by atoms with Crippen molar-refractivity contribution in [3.63, 3.8) is 0 Å². The van der Waals surface area contributed by atoms with Gasteiger partial charge in [-0.05, 0) is 18.6 Å². The molecular weight excluding hydrogens is 370 g/mol. The van der Waals surface area contributed by atoms with E-state index in [1.165, 1.54) is 12.1 Å². The fraction of sp³-hybridized carbons (Fsp3) is 0.333. The van der Waals surface area contributed by atoms with Gasteiger partial charge in [-0.15, -0.1) is 0 Å². The molecule has 1 N–H and O–H groups in total. The zero-order chi connectivity index (χ0) is 19.9. The number of rotatable bonds is 4. The van der Waals surface area contributed by atoms with E-state index >= 15 is 0 Å². The van der Waals surface area contributed by atoms with Crippen molar-refractivity contribution in [3.05, 3.63) is 57.7 Å². The van der Waals surface area contributed by atoms with Crippen LogP contribution in [-0.4, -0.2) is 32.1 Å². The Hall–Kier alpha value is -2.84. The Balaban J connectivity index is 2.34. The molecule has 0 saturated heterocycles. The molecule has 9 heteroatoms. The minimum absolute atomic E-state index is 0.0228. The van der Waals surface area contributed by atoms with Gasteiger partial charge in [0.05, 0.1) is 35.6 Å². The van der Waals surface area contributed by atoms with Crippen molar-refractivity contribution >= 4 is 11.9 Å². The van der Waals surface area contributed by atoms with Gasteiger partial charge in [0.1, 0.15) is 18.6 Å². The Labute approximate surface area is 151 Å². The van der Waals surface area contributed by atoms with Crippen LogP contribution in [0.4, 0.5) is 17.6 Å². The number of allylic oxidation sites excluding steroid dienone is 1. The smallest absolute Gasteiger partial charge is 0.337 e. The van der Waals surface area contributed by atoms with Crippen molar-refractivity contribution in [3.8, 4) is 0 Å². The number of ether oxygens (including phenoxy) is 2. The summed E-state index contributed by atoms with van der Waals surface area (Å²) >= 11 is 0. The minimum atomic E-state index is -3.12. The first kappa shape index (κ1) is 18.9. The minimum Gasteiger partial charge on any atom is -0.466 e. The number of carbonyl (C=O) groups excluding carboxylic acids is 2. The third-order valence-electron chi connectivity index (χ3n) is 4.46. The lowest BCUT2D eigenvalue weighted by atomic mass is 9.78. The van der Waals surface area contributed by atoms with E-state index < -0.39 is 53.1 Å². The maximum absolute atomic E-state index is 14.3. The molecular formula is C18H15F4NO4. The SMILES string of the molecule is COC(=O)C1=C(C(F)F)NC2=C(C(=O)OC2)[C@H]1c1cccc(F)c1C(C)F. The highest BCUT2D eigenvalue weighted by Gasteiger charge is 2.45. The van der Waals surface area contributed by atoms with Crippen molar-refractivity contribution in [2.45, 2.75) is 25.4 Å². The van der Waals surface area contributed by atoms with Crippen LogP contribution in [0.15, 0.2) is 40.7 Å².